The summed E-state index contributed by atoms with van der Waals surface area (Å²) in [5, 5.41) is 13.2. The molecule has 5 heteroatoms. The molecule has 0 bridgehead atoms. The van der Waals surface area contributed by atoms with Crippen LogP contribution in [0.5, 0.6) is 5.75 Å². The van der Waals surface area contributed by atoms with Gasteiger partial charge >= 0.3 is 0 Å². The Kier molecular flexibility index (Phi) is 4.29. The smallest absolute Gasteiger partial charge is 0.133 e. The van der Waals surface area contributed by atoms with Crippen molar-refractivity contribution in [2.24, 2.45) is 0 Å². The molecule has 138 valence electrons. The van der Waals surface area contributed by atoms with Gasteiger partial charge in [0.1, 0.15) is 5.75 Å². The number of phenolic OH excluding ortho intramolecular Hbond substituents is 1. The second kappa shape index (κ2) is 6.83. The molecule has 0 atom stereocenters. The second-order valence-corrected chi connectivity index (χ2v) is 8.61. The molecule has 0 fully saturated rings. The fourth-order valence-corrected chi connectivity index (χ4v) is 5.23. The van der Waals surface area contributed by atoms with Gasteiger partial charge in [-0.1, -0.05) is 52.3 Å². The molecule has 0 aliphatic rings. The van der Waals surface area contributed by atoms with Crippen molar-refractivity contribution in [3.63, 3.8) is 0 Å². The molecule has 3 N–H and O–H groups in total. The van der Waals surface area contributed by atoms with Gasteiger partial charge in [-0.3, -0.25) is 0 Å². The van der Waals surface area contributed by atoms with Crippen LogP contribution in [-0.2, 0) is 0 Å². The van der Waals surface area contributed by atoms with Crippen molar-refractivity contribution >= 4 is 53.7 Å². The molecule has 0 saturated heterocycles. The molecule has 0 amide bonds. The number of aromatic hydroxyl groups is 1. The van der Waals surface area contributed by atoms with E-state index in [9.17, 15) is 5.11 Å². The summed E-state index contributed by atoms with van der Waals surface area (Å²) in [4.78, 5) is 6.76. The number of hydrogen-bond acceptors (Lipinski definition) is 1. The molecule has 28 heavy (non-hydrogen) atoms. The zero-order chi connectivity index (χ0) is 19.3. The molecule has 5 rings (SSSR count). The fourth-order valence-electron chi connectivity index (χ4n) is 3.97. The van der Waals surface area contributed by atoms with E-state index in [-0.39, 0.29) is 11.7 Å². The average Bonchev–Trinajstić information content (AvgIpc) is 3.31. The number of rotatable bonds is 3. The van der Waals surface area contributed by atoms with Crippen molar-refractivity contribution in [2.75, 3.05) is 0 Å². The van der Waals surface area contributed by atoms with Crippen molar-refractivity contribution in [1.82, 2.24) is 9.97 Å². The van der Waals surface area contributed by atoms with Crippen molar-refractivity contribution < 1.29 is 5.11 Å². The summed E-state index contributed by atoms with van der Waals surface area (Å²) in [6.45, 7) is 0. The van der Waals surface area contributed by atoms with Crippen LogP contribution in [0.25, 0.3) is 21.8 Å². The highest BCUT2D eigenvalue weighted by atomic mass is 79.9. The van der Waals surface area contributed by atoms with E-state index in [2.05, 4.69) is 66.1 Å². The number of phenols is 1. The predicted molar refractivity (Wildman–Crippen MR) is 121 cm³/mol. The van der Waals surface area contributed by atoms with Crippen molar-refractivity contribution in [3.05, 3.63) is 98.7 Å². The topological polar surface area (TPSA) is 51.8 Å². The molecule has 5 aromatic rings. The molecule has 0 aliphatic carbocycles. The largest absolute Gasteiger partial charge is 0.506 e. The van der Waals surface area contributed by atoms with Gasteiger partial charge in [0.25, 0.3) is 0 Å². The lowest BCUT2D eigenvalue weighted by Crippen LogP contribution is -2.03. The molecule has 0 spiro atoms. The summed E-state index contributed by atoms with van der Waals surface area (Å²) in [5.74, 6) is 0.116. The van der Waals surface area contributed by atoms with E-state index in [0.717, 1.165) is 43.0 Å². The normalized spacial score (nSPS) is 11.7. The summed E-state index contributed by atoms with van der Waals surface area (Å²) < 4.78 is 1.58. The van der Waals surface area contributed by atoms with Crippen molar-refractivity contribution in [3.8, 4) is 5.75 Å². The first-order valence-corrected chi connectivity index (χ1v) is 10.5. The number of aromatic nitrogens is 2. The summed E-state index contributed by atoms with van der Waals surface area (Å²) in [5.41, 5.74) is 5.25. The van der Waals surface area contributed by atoms with Crippen LogP contribution in [0.3, 0.4) is 0 Å². The minimum atomic E-state index is -0.138. The van der Waals surface area contributed by atoms with Gasteiger partial charge < -0.3 is 15.1 Å². The average molecular weight is 496 g/mol. The van der Waals surface area contributed by atoms with E-state index in [0.29, 0.717) is 4.47 Å². The van der Waals surface area contributed by atoms with Gasteiger partial charge in [-0.05, 0) is 51.3 Å². The maximum Gasteiger partial charge on any atom is 0.133 e. The highest BCUT2D eigenvalue weighted by Gasteiger charge is 2.26. The lowest BCUT2D eigenvalue weighted by Gasteiger charge is -2.20. The standard InChI is InChI=1S/C23H16Br2N2O/c24-13-9-16(23(28)19(25)10-13)22(17-11-26-20-7-3-1-5-14(17)20)18-12-27-21-8-4-2-6-15(18)21/h1-12,22,26-28H. The number of hydrogen-bond donors (Lipinski definition) is 3. The van der Waals surface area contributed by atoms with E-state index >= 15 is 0 Å². The number of para-hydroxylation sites is 2. The number of H-pyrrole nitrogens is 2. The quantitative estimate of drug-likeness (QED) is 0.246. The Labute approximate surface area is 178 Å². The van der Waals surface area contributed by atoms with E-state index in [1.165, 1.54) is 0 Å². The molecule has 0 unspecified atom stereocenters. The Morgan fingerprint density at radius 1 is 0.714 bits per heavy atom. The van der Waals surface area contributed by atoms with E-state index in [1.54, 1.807) is 0 Å². The van der Waals surface area contributed by atoms with Gasteiger partial charge in [-0.2, -0.15) is 0 Å². The molecule has 3 aromatic carbocycles. The molecular formula is C23H16Br2N2O. The van der Waals surface area contributed by atoms with Gasteiger partial charge in [0, 0.05) is 50.2 Å². The molecule has 3 nitrogen and oxygen atoms in total. The van der Waals surface area contributed by atoms with Crippen LogP contribution < -0.4 is 0 Å². The van der Waals surface area contributed by atoms with E-state index < -0.39 is 0 Å². The monoisotopic (exact) mass is 494 g/mol. The van der Waals surface area contributed by atoms with Crippen LogP contribution >= 0.6 is 31.9 Å². The van der Waals surface area contributed by atoms with Crippen LogP contribution in [-0.4, -0.2) is 15.1 Å². The van der Waals surface area contributed by atoms with Gasteiger partial charge in [-0.25, -0.2) is 0 Å². The third-order valence-electron chi connectivity index (χ3n) is 5.23. The lowest BCUT2D eigenvalue weighted by atomic mass is 9.84. The minimum Gasteiger partial charge on any atom is -0.506 e. The maximum atomic E-state index is 10.9. The highest BCUT2D eigenvalue weighted by molar-refractivity contribution is 9.11. The summed E-state index contributed by atoms with van der Waals surface area (Å²) >= 11 is 7.08. The van der Waals surface area contributed by atoms with Gasteiger partial charge in [0.05, 0.1) is 4.47 Å². The first-order chi connectivity index (χ1) is 13.6. The summed E-state index contributed by atoms with van der Waals surface area (Å²) in [6.07, 6.45) is 4.09. The summed E-state index contributed by atoms with van der Waals surface area (Å²) in [6, 6.07) is 20.4. The Bertz CT molecular complexity index is 1240. The van der Waals surface area contributed by atoms with Crippen LogP contribution in [0.2, 0.25) is 0 Å². The Morgan fingerprint density at radius 2 is 1.25 bits per heavy atom. The number of nitrogens with one attached hydrogen (secondary N) is 2. The predicted octanol–water partition coefficient (Wildman–Crippen LogP) is 7.06. The number of aromatic amines is 2. The number of fused-ring (bicyclic) bond motifs is 2. The zero-order valence-electron chi connectivity index (χ0n) is 14.7. The highest BCUT2D eigenvalue weighted by Crippen LogP contribution is 2.45. The molecular weight excluding hydrogens is 480 g/mol. The van der Waals surface area contributed by atoms with Crippen molar-refractivity contribution in [2.45, 2.75) is 5.92 Å². The molecule has 0 radical (unpaired) electrons. The Balaban J connectivity index is 1.86. The zero-order valence-corrected chi connectivity index (χ0v) is 17.9. The number of halogens is 2. The van der Waals surface area contributed by atoms with E-state index in [1.807, 2.05) is 48.8 Å². The molecule has 2 aromatic heterocycles. The summed E-state index contributed by atoms with van der Waals surface area (Å²) in [7, 11) is 0. The SMILES string of the molecule is Oc1c(Br)cc(Br)cc1C(c1c[nH]c2ccccc12)c1c[nH]c2ccccc12. The van der Waals surface area contributed by atoms with Crippen LogP contribution in [0.4, 0.5) is 0 Å². The van der Waals surface area contributed by atoms with Crippen LogP contribution in [0.15, 0.2) is 82.0 Å². The lowest BCUT2D eigenvalue weighted by molar-refractivity contribution is 0.464. The van der Waals surface area contributed by atoms with Gasteiger partial charge in [0.15, 0.2) is 0 Å². The maximum absolute atomic E-state index is 10.9. The van der Waals surface area contributed by atoms with Crippen molar-refractivity contribution in [1.29, 1.82) is 0 Å². The Morgan fingerprint density at radius 3 is 1.82 bits per heavy atom. The molecule has 0 aliphatic heterocycles. The third kappa shape index (κ3) is 2.77. The fraction of sp³-hybridized carbons (Fsp3) is 0.0435. The third-order valence-corrected chi connectivity index (χ3v) is 6.30. The Hall–Kier alpha value is -2.50. The number of benzene rings is 3. The first kappa shape index (κ1) is 17.6. The first-order valence-electron chi connectivity index (χ1n) is 8.93. The van der Waals surface area contributed by atoms with Crippen LogP contribution in [0, 0.1) is 0 Å². The van der Waals surface area contributed by atoms with E-state index in [4.69, 9.17) is 0 Å². The molecule has 0 saturated carbocycles. The second-order valence-electron chi connectivity index (χ2n) is 6.84. The van der Waals surface area contributed by atoms with Crippen LogP contribution in [0.1, 0.15) is 22.6 Å². The van der Waals surface area contributed by atoms with Gasteiger partial charge in [-0.15, -0.1) is 0 Å². The van der Waals surface area contributed by atoms with Gasteiger partial charge in [0.2, 0.25) is 0 Å². The molecule has 2 heterocycles. The minimum absolute atomic E-state index is 0.138.